The van der Waals surface area contributed by atoms with Gasteiger partial charge in [0, 0.05) is 11.1 Å². The van der Waals surface area contributed by atoms with Gasteiger partial charge in [0.1, 0.15) is 5.75 Å². The maximum atomic E-state index is 12.6. The van der Waals surface area contributed by atoms with Crippen molar-refractivity contribution in [2.24, 2.45) is 0 Å². The molecule has 3 nitrogen and oxygen atoms in total. The van der Waals surface area contributed by atoms with Gasteiger partial charge in [-0.05, 0) is 64.4 Å². The first kappa shape index (κ1) is 17.2. The van der Waals surface area contributed by atoms with E-state index in [2.05, 4.69) is 25.1 Å². The molecule has 0 atom stereocenters. The number of unbranched alkanes of at least 4 members (excludes halogenated alkanes) is 1. The fourth-order valence-electron chi connectivity index (χ4n) is 3.42. The van der Waals surface area contributed by atoms with Crippen LogP contribution in [0.1, 0.15) is 25.3 Å². The molecule has 3 heteroatoms. The van der Waals surface area contributed by atoms with Gasteiger partial charge in [-0.25, -0.2) is 0 Å². The topological polar surface area (TPSA) is 43.4 Å². The Morgan fingerprint density at radius 1 is 0.889 bits per heavy atom. The van der Waals surface area contributed by atoms with Crippen LogP contribution in [-0.2, 0) is 9.59 Å². The van der Waals surface area contributed by atoms with Gasteiger partial charge in [0.2, 0.25) is 0 Å². The Hall–Kier alpha value is -3.20. The molecule has 3 aromatic carbocycles. The molecule has 0 unspecified atom stereocenters. The van der Waals surface area contributed by atoms with E-state index >= 15 is 0 Å². The molecule has 0 bridgehead atoms. The normalized spacial score (nSPS) is 14.0. The van der Waals surface area contributed by atoms with Crippen molar-refractivity contribution < 1.29 is 14.3 Å². The van der Waals surface area contributed by atoms with E-state index in [-0.39, 0.29) is 11.6 Å². The van der Waals surface area contributed by atoms with E-state index in [0.717, 1.165) is 34.4 Å². The molecule has 4 rings (SSSR count). The molecule has 0 saturated carbocycles. The van der Waals surface area contributed by atoms with E-state index in [1.807, 2.05) is 30.3 Å². The van der Waals surface area contributed by atoms with Gasteiger partial charge in [-0.15, -0.1) is 0 Å². The molecule has 3 aromatic rings. The molecule has 134 valence electrons. The maximum Gasteiger partial charge on any atom is 0.186 e. The number of ketones is 2. The molecule has 0 aromatic heterocycles. The van der Waals surface area contributed by atoms with Crippen LogP contribution in [0.4, 0.5) is 0 Å². The van der Waals surface area contributed by atoms with E-state index in [4.69, 9.17) is 4.74 Å². The number of carbonyl (C=O) groups excluding carboxylic acids is 2. The third-order valence-electron chi connectivity index (χ3n) is 4.82. The zero-order chi connectivity index (χ0) is 18.8. The molecule has 27 heavy (non-hydrogen) atoms. The van der Waals surface area contributed by atoms with Gasteiger partial charge < -0.3 is 4.74 Å². The molecular formula is C24H20O3. The Morgan fingerprint density at radius 2 is 1.67 bits per heavy atom. The average Bonchev–Trinajstić information content (AvgIpc) is 2.68. The minimum atomic E-state index is -0.179. The lowest BCUT2D eigenvalue weighted by molar-refractivity contribution is -0.113. The van der Waals surface area contributed by atoms with Crippen molar-refractivity contribution in [3.05, 3.63) is 72.3 Å². The van der Waals surface area contributed by atoms with Crippen molar-refractivity contribution in [2.45, 2.75) is 19.8 Å². The maximum absolute atomic E-state index is 12.6. The summed E-state index contributed by atoms with van der Waals surface area (Å²) in [4.78, 5) is 24.5. The largest absolute Gasteiger partial charge is 0.493 e. The van der Waals surface area contributed by atoms with E-state index in [9.17, 15) is 9.59 Å². The lowest BCUT2D eigenvalue weighted by Gasteiger charge is -2.17. The summed E-state index contributed by atoms with van der Waals surface area (Å²) in [6.07, 6.45) is 6.02. The van der Waals surface area contributed by atoms with Gasteiger partial charge in [0.05, 0.1) is 6.61 Å². The second kappa shape index (κ2) is 7.20. The van der Waals surface area contributed by atoms with Crippen molar-refractivity contribution in [2.75, 3.05) is 6.61 Å². The van der Waals surface area contributed by atoms with Crippen LogP contribution in [0.2, 0.25) is 0 Å². The first-order chi connectivity index (χ1) is 13.2. The lowest BCUT2D eigenvalue weighted by atomic mass is 9.90. The standard InChI is InChI=1S/C24H20O3/c1-2-3-12-27-23-11-8-18-13-16-6-4-5-7-17(16)14-20(18)24(23)21-15-19(25)9-10-22(21)26/h4-11,13-15H,2-3,12H2,1H3. The van der Waals surface area contributed by atoms with Crippen LogP contribution < -0.4 is 4.74 Å². The van der Waals surface area contributed by atoms with Crippen molar-refractivity contribution in [1.82, 2.24) is 0 Å². The molecule has 0 amide bonds. The Bertz CT molecular complexity index is 1120. The molecule has 0 radical (unpaired) electrons. The predicted molar refractivity (Wildman–Crippen MR) is 109 cm³/mol. The zero-order valence-corrected chi connectivity index (χ0v) is 15.2. The Labute approximate surface area is 157 Å². The van der Waals surface area contributed by atoms with E-state index in [0.29, 0.717) is 23.5 Å². The summed E-state index contributed by atoms with van der Waals surface area (Å²) in [5, 5.41) is 4.16. The number of rotatable bonds is 5. The van der Waals surface area contributed by atoms with E-state index < -0.39 is 0 Å². The van der Waals surface area contributed by atoms with Crippen LogP contribution in [-0.4, -0.2) is 18.2 Å². The van der Waals surface area contributed by atoms with Crippen LogP contribution in [0.5, 0.6) is 5.75 Å². The Morgan fingerprint density at radius 3 is 2.44 bits per heavy atom. The molecule has 0 fully saturated rings. The molecule has 1 aliphatic rings. The molecule has 0 saturated heterocycles. The smallest absolute Gasteiger partial charge is 0.186 e. The quantitative estimate of drug-likeness (QED) is 0.356. The molecule has 1 aliphatic carbocycles. The van der Waals surface area contributed by atoms with Crippen molar-refractivity contribution in [1.29, 1.82) is 0 Å². The highest BCUT2D eigenvalue weighted by molar-refractivity contribution is 6.36. The summed E-state index contributed by atoms with van der Waals surface area (Å²) in [5.74, 6) is 0.298. The summed E-state index contributed by atoms with van der Waals surface area (Å²) in [5.41, 5.74) is 1.10. The number of benzene rings is 3. The zero-order valence-electron chi connectivity index (χ0n) is 15.2. The highest BCUT2D eigenvalue weighted by Crippen LogP contribution is 2.37. The summed E-state index contributed by atoms with van der Waals surface area (Å²) >= 11 is 0. The van der Waals surface area contributed by atoms with Gasteiger partial charge in [0.25, 0.3) is 0 Å². The number of ether oxygens (including phenoxy) is 1. The van der Waals surface area contributed by atoms with Gasteiger partial charge in [-0.2, -0.15) is 0 Å². The summed E-state index contributed by atoms with van der Waals surface area (Å²) in [6.45, 7) is 2.68. The number of hydrogen-bond donors (Lipinski definition) is 0. The van der Waals surface area contributed by atoms with Crippen LogP contribution in [0.25, 0.3) is 27.1 Å². The van der Waals surface area contributed by atoms with Gasteiger partial charge >= 0.3 is 0 Å². The SMILES string of the molecule is CCCCOc1ccc2cc3ccccc3cc2c1C1=CC(=O)C=CC1=O. The summed E-state index contributed by atoms with van der Waals surface area (Å²) in [7, 11) is 0. The van der Waals surface area contributed by atoms with Crippen molar-refractivity contribution >= 4 is 38.7 Å². The first-order valence-electron chi connectivity index (χ1n) is 9.24. The average molecular weight is 356 g/mol. The van der Waals surface area contributed by atoms with Crippen LogP contribution in [0, 0.1) is 0 Å². The van der Waals surface area contributed by atoms with Crippen LogP contribution in [0.3, 0.4) is 0 Å². The fourth-order valence-corrected chi connectivity index (χ4v) is 3.42. The number of hydrogen-bond acceptors (Lipinski definition) is 3. The number of allylic oxidation sites excluding steroid dienone is 4. The number of carbonyl (C=O) groups is 2. The van der Waals surface area contributed by atoms with E-state index in [1.165, 1.54) is 18.2 Å². The Balaban J connectivity index is 1.97. The predicted octanol–water partition coefficient (Wildman–Crippen LogP) is 5.26. The molecule has 0 spiro atoms. The highest BCUT2D eigenvalue weighted by Gasteiger charge is 2.22. The monoisotopic (exact) mass is 356 g/mol. The molecule has 0 aliphatic heterocycles. The third-order valence-corrected chi connectivity index (χ3v) is 4.82. The first-order valence-corrected chi connectivity index (χ1v) is 9.24. The second-order valence-electron chi connectivity index (χ2n) is 6.72. The molecule has 0 heterocycles. The van der Waals surface area contributed by atoms with Gasteiger partial charge in [-0.1, -0.05) is 43.7 Å². The minimum Gasteiger partial charge on any atom is -0.493 e. The van der Waals surface area contributed by atoms with Crippen molar-refractivity contribution in [3.63, 3.8) is 0 Å². The highest BCUT2D eigenvalue weighted by atomic mass is 16.5. The molecular weight excluding hydrogens is 336 g/mol. The van der Waals surface area contributed by atoms with Crippen molar-refractivity contribution in [3.8, 4) is 5.75 Å². The lowest BCUT2D eigenvalue weighted by Crippen LogP contribution is -2.09. The Kier molecular flexibility index (Phi) is 4.59. The molecule has 0 N–H and O–H groups in total. The van der Waals surface area contributed by atoms with Crippen LogP contribution >= 0.6 is 0 Å². The number of fused-ring (bicyclic) bond motifs is 2. The van der Waals surface area contributed by atoms with E-state index in [1.54, 1.807) is 0 Å². The third kappa shape index (κ3) is 3.28. The fraction of sp³-hybridized carbons (Fsp3) is 0.167. The minimum absolute atomic E-state index is 0.171. The van der Waals surface area contributed by atoms with Crippen LogP contribution in [0.15, 0.2) is 66.8 Å². The van der Waals surface area contributed by atoms with Gasteiger partial charge in [-0.3, -0.25) is 9.59 Å². The second-order valence-corrected chi connectivity index (χ2v) is 6.72. The summed E-state index contributed by atoms with van der Waals surface area (Å²) in [6, 6.07) is 16.2. The summed E-state index contributed by atoms with van der Waals surface area (Å²) < 4.78 is 6.01. The van der Waals surface area contributed by atoms with Gasteiger partial charge in [0.15, 0.2) is 11.6 Å².